The lowest BCUT2D eigenvalue weighted by molar-refractivity contribution is -0.146. The minimum absolute atomic E-state index is 0.0263. The van der Waals surface area contributed by atoms with Crippen LogP contribution in [0.25, 0.3) is 0 Å². The number of rotatable bonds is 8. The van der Waals surface area contributed by atoms with Gasteiger partial charge in [-0.25, -0.2) is 4.79 Å². The van der Waals surface area contributed by atoms with E-state index in [1.54, 1.807) is 0 Å². The fraction of sp³-hybridized carbons (Fsp3) is 0.600. The van der Waals surface area contributed by atoms with Crippen LogP contribution in [0, 0.1) is 0 Å². The van der Waals surface area contributed by atoms with E-state index in [0.717, 1.165) is 24.3 Å². The van der Waals surface area contributed by atoms with Crippen molar-refractivity contribution in [1.82, 2.24) is 5.32 Å². The van der Waals surface area contributed by atoms with E-state index in [4.69, 9.17) is 9.16 Å². The monoisotopic (exact) mass is 449 g/mol. The summed E-state index contributed by atoms with van der Waals surface area (Å²) < 4.78 is 48.7. The summed E-state index contributed by atoms with van der Waals surface area (Å²) in [5, 5.41) is 12.5. The summed E-state index contributed by atoms with van der Waals surface area (Å²) >= 11 is 0. The average molecular weight is 450 g/mol. The molecule has 2 atom stereocenters. The van der Waals surface area contributed by atoms with Gasteiger partial charge in [0.05, 0.1) is 12.7 Å². The molecular formula is C20H30F3NO5Si. The maximum atomic E-state index is 12.7. The average Bonchev–Trinajstić information content (AvgIpc) is 2.64. The van der Waals surface area contributed by atoms with Crippen LogP contribution in [-0.4, -0.2) is 45.1 Å². The number of hydrogen-bond acceptors (Lipinski definition) is 5. The maximum absolute atomic E-state index is 12.7. The van der Waals surface area contributed by atoms with Gasteiger partial charge in [-0.3, -0.25) is 4.79 Å². The summed E-state index contributed by atoms with van der Waals surface area (Å²) in [6, 6.07) is 2.52. The van der Waals surface area contributed by atoms with Crippen LogP contribution >= 0.6 is 0 Å². The molecule has 0 bridgehead atoms. The molecule has 0 radical (unpaired) electrons. The Morgan fingerprint density at radius 1 is 1.13 bits per heavy atom. The Labute approximate surface area is 175 Å². The predicted molar refractivity (Wildman–Crippen MR) is 108 cm³/mol. The van der Waals surface area contributed by atoms with Gasteiger partial charge in [-0.1, -0.05) is 32.9 Å². The van der Waals surface area contributed by atoms with Gasteiger partial charge in [-0.05, 0) is 35.8 Å². The third-order valence-corrected chi connectivity index (χ3v) is 9.82. The summed E-state index contributed by atoms with van der Waals surface area (Å²) in [7, 11) is -0.889. The molecule has 0 aliphatic carbocycles. The molecule has 1 aromatic rings. The number of ether oxygens (including phenoxy) is 1. The van der Waals surface area contributed by atoms with E-state index < -0.39 is 44.1 Å². The zero-order valence-electron chi connectivity index (χ0n) is 18.1. The molecule has 1 aromatic carbocycles. The van der Waals surface area contributed by atoms with Crippen LogP contribution in [0.4, 0.5) is 13.2 Å². The lowest BCUT2D eigenvalue weighted by Gasteiger charge is -2.36. The number of nitrogens with one attached hydrogen (secondary N) is 1. The van der Waals surface area contributed by atoms with Crippen molar-refractivity contribution < 1.29 is 37.0 Å². The van der Waals surface area contributed by atoms with Crippen molar-refractivity contribution in [3.8, 4) is 0 Å². The molecule has 170 valence electrons. The Morgan fingerprint density at radius 3 is 2.10 bits per heavy atom. The Kier molecular flexibility index (Phi) is 8.65. The van der Waals surface area contributed by atoms with Crippen molar-refractivity contribution >= 4 is 20.2 Å². The second kappa shape index (κ2) is 9.93. The number of carbonyl (C=O) groups is 2. The van der Waals surface area contributed by atoms with Crippen molar-refractivity contribution in [2.24, 2.45) is 0 Å². The zero-order valence-corrected chi connectivity index (χ0v) is 19.1. The molecule has 0 spiro atoms. The SMILES string of the molecule is COC(=O)[C@H](CCO[Si](C)(C)C(C)(C)C)NC(=O)[C@H](O)c1ccc(C(F)(F)F)cc1. The molecule has 0 aliphatic rings. The topological polar surface area (TPSA) is 84.9 Å². The van der Waals surface area contributed by atoms with Crippen LogP contribution in [0.2, 0.25) is 18.1 Å². The second-order valence-corrected chi connectivity index (χ2v) is 13.3. The van der Waals surface area contributed by atoms with E-state index in [0.29, 0.717) is 0 Å². The minimum Gasteiger partial charge on any atom is -0.467 e. The maximum Gasteiger partial charge on any atom is 0.416 e. The minimum atomic E-state index is -4.52. The summed E-state index contributed by atoms with van der Waals surface area (Å²) in [5.41, 5.74) is -0.921. The fourth-order valence-electron chi connectivity index (χ4n) is 2.30. The summed E-state index contributed by atoms with van der Waals surface area (Å²) in [6.07, 6.45) is -6.13. The first-order valence-electron chi connectivity index (χ1n) is 9.47. The van der Waals surface area contributed by atoms with Crippen LogP contribution in [0.15, 0.2) is 24.3 Å². The molecule has 30 heavy (non-hydrogen) atoms. The number of alkyl halides is 3. The first-order valence-corrected chi connectivity index (χ1v) is 12.4. The van der Waals surface area contributed by atoms with E-state index in [9.17, 15) is 27.9 Å². The zero-order chi connectivity index (χ0) is 23.3. The van der Waals surface area contributed by atoms with Crippen molar-refractivity contribution in [2.75, 3.05) is 13.7 Å². The number of amides is 1. The Bertz CT molecular complexity index is 729. The van der Waals surface area contributed by atoms with Gasteiger partial charge in [0.15, 0.2) is 14.4 Å². The summed E-state index contributed by atoms with van der Waals surface area (Å²) in [6.45, 7) is 10.5. The van der Waals surface area contributed by atoms with E-state index in [-0.39, 0.29) is 23.6 Å². The first-order chi connectivity index (χ1) is 13.6. The van der Waals surface area contributed by atoms with E-state index in [1.807, 2.05) is 13.1 Å². The highest BCUT2D eigenvalue weighted by atomic mass is 28.4. The molecule has 1 amide bonds. The van der Waals surface area contributed by atoms with Gasteiger partial charge in [0.2, 0.25) is 0 Å². The van der Waals surface area contributed by atoms with Crippen molar-refractivity contribution in [3.63, 3.8) is 0 Å². The number of esters is 1. The number of halogens is 3. The molecule has 0 aromatic heterocycles. The van der Waals surface area contributed by atoms with Crippen molar-refractivity contribution in [3.05, 3.63) is 35.4 Å². The largest absolute Gasteiger partial charge is 0.467 e. The number of benzene rings is 1. The van der Waals surface area contributed by atoms with Gasteiger partial charge >= 0.3 is 12.1 Å². The van der Waals surface area contributed by atoms with Gasteiger partial charge in [0.25, 0.3) is 5.91 Å². The predicted octanol–water partition coefficient (Wildman–Crippen LogP) is 3.81. The fourth-order valence-corrected chi connectivity index (χ4v) is 3.36. The lowest BCUT2D eigenvalue weighted by Crippen LogP contribution is -2.46. The van der Waals surface area contributed by atoms with Crippen molar-refractivity contribution in [2.45, 2.75) is 63.6 Å². The summed E-state index contributed by atoms with van der Waals surface area (Å²) in [4.78, 5) is 24.4. The Balaban J connectivity index is 2.80. The van der Waals surface area contributed by atoms with E-state index in [1.165, 1.54) is 7.11 Å². The molecular weight excluding hydrogens is 419 g/mol. The van der Waals surface area contributed by atoms with Crippen LogP contribution in [-0.2, 0) is 24.9 Å². The lowest BCUT2D eigenvalue weighted by atomic mass is 10.1. The van der Waals surface area contributed by atoms with Crippen molar-refractivity contribution in [1.29, 1.82) is 0 Å². The molecule has 0 fully saturated rings. The van der Waals surface area contributed by atoms with Crippen LogP contribution < -0.4 is 5.32 Å². The molecule has 2 N–H and O–H groups in total. The number of methoxy groups -OCH3 is 1. The quantitative estimate of drug-likeness (QED) is 0.466. The number of hydrogen-bond donors (Lipinski definition) is 2. The van der Waals surface area contributed by atoms with Crippen LogP contribution in [0.3, 0.4) is 0 Å². The molecule has 0 aliphatic heterocycles. The number of aliphatic hydroxyl groups is 1. The highest BCUT2D eigenvalue weighted by Gasteiger charge is 2.37. The van der Waals surface area contributed by atoms with E-state index >= 15 is 0 Å². The van der Waals surface area contributed by atoms with Gasteiger partial charge < -0.3 is 19.6 Å². The smallest absolute Gasteiger partial charge is 0.416 e. The molecule has 1 rings (SSSR count). The molecule has 0 saturated carbocycles. The normalized spacial score (nSPS) is 14.7. The first kappa shape index (κ1) is 26.1. The van der Waals surface area contributed by atoms with Gasteiger partial charge in [-0.2, -0.15) is 13.2 Å². The Hall–Kier alpha value is -1.91. The highest BCUT2D eigenvalue weighted by Crippen LogP contribution is 2.36. The summed E-state index contributed by atoms with van der Waals surface area (Å²) in [5.74, 6) is -1.63. The van der Waals surface area contributed by atoms with Gasteiger partial charge in [0, 0.05) is 13.0 Å². The van der Waals surface area contributed by atoms with Crippen LogP contribution in [0.1, 0.15) is 44.4 Å². The Morgan fingerprint density at radius 2 is 1.67 bits per heavy atom. The highest BCUT2D eigenvalue weighted by molar-refractivity contribution is 6.74. The molecule has 0 saturated heterocycles. The second-order valence-electron chi connectivity index (χ2n) is 8.50. The third kappa shape index (κ3) is 7.10. The third-order valence-electron chi connectivity index (χ3n) is 5.28. The number of aliphatic hydroxyl groups excluding tert-OH is 1. The molecule has 0 heterocycles. The molecule has 6 nitrogen and oxygen atoms in total. The number of carbonyl (C=O) groups excluding carboxylic acids is 2. The standard InChI is InChI=1S/C20H30F3NO5Si/c1-19(2,3)30(5,6)29-12-11-15(18(27)28-4)24-17(26)16(25)13-7-9-14(10-8-13)20(21,22)23/h7-10,15-16,25H,11-12H2,1-6H3,(H,24,26)/t15-,16+/m0/s1. The molecule has 0 unspecified atom stereocenters. The van der Waals surface area contributed by atoms with Gasteiger partial charge in [0.1, 0.15) is 6.04 Å². The molecule has 10 heteroatoms. The van der Waals surface area contributed by atoms with Crippen LogP contribution in [0.5, 0.6) is 0 Å². The van der Waals surface area contributed by atoms with Gasteiger partial charge in [-0.15, -0.1) is 0 Å². The van der Waals surface area contributed by atoms with E-state index in [2.05, 4.69) is 26.1 Å².